The van der Waals surface area contributed by atoms with Gasteiger partial charge in [0.2, 0.25) is 0 Å². The van der Waals surface area contributed by atoms with Crippen molar-refractivity contribution in [3.8, 4) is 0 Å². The first-order chi connectivity index (χ1) is 12.3. The highest BCUT2D eigenvalue weighted by Crippen LogP contribution is 2.38. The second-order valence-electron chi connectivity index (χ2n) is 7.38. The van der Waals surface area contributed by atoms with Gasteiger partial charge in [-0.25, -0.2) is 0 Å². The minimum Gasteiger partial charge on any atom is -0.378 e. The minimum absolute atomic E-state index is 0.179. The standard InChI is InChI=1S/C22H28N2O/c1-19(20-8-4-2-5-9-20)24-16-17-25-18-22(24)12-14-23(15-13-22)21-10-6-3-7-11-21/h2-11,19H,12-18H2,1H3. The van der Waals surface area contributed by atoms with Gasteiger partial charge in [-0.1, -0.05) is 48.5 Å². The Labute approximate surface area is 151 Å². The number of hydrogen-bond donors (Lipinski definition) is 0. The molecule has 2 aliphatic rings. The maximum atomic E-state index is 5.96. The quantitative estimate of drug-likeness (QED) is 0.838. The van der Waals surface area contributed by atoms with E-state index in [2.05, 4.69) is 77.4 Å². The average molecular weight is 336 g/mol. The van der Waals surface area contributed by atoms with Crippen molar-refractivity contribution >= 4 is 5.69 Å². The zero-order chi connectivity index (χ0) is 17.1. The first-order valence-electron chi connectivity index (χ1n) is 9.48. The lowest BCUT2D eigenvalue weighted by Crippen LogP contribution is -2.62. The van der Waals surface area contributed by atoms with E-state index in [4.69, 9.17) is 4.74 Å². The highest BCUT2D eigenvalue weighted by Gasteiger charge is 2.44. The lowest BCUT2D eigenvalue weighted by atomic mass is 9.83. The van der Waals surface area contributed by atoms with E-state index < -0.39 is 0 Å². The fourth-order valence-corrected chi connectivity index (χ4v) is 4.51. The number of morpholine rings is 1. The van der Waals surface area contributed by atoms with E-state index in [0.29, 0.717) is 6.04 Å². The topological polar surface area (TPSA) is 15.7 Å². The predicted octanol–water partition coefficient (Wildman–Crippen LogP) is 4.12. The first-order valence-corrected chi connectivity index (χ1v) is 9.48. The Morgan fingerprint density at radius 1 is 0.880 bits per heavy atom. The van der Waals surface area contributed by atoms with E-state index in [1.807, 2.05) is 0 Å². The summed E-state index contributed by atoms with van der Waals surface area (Å²) in [5.41, 5.74) is 2.93. The van der Waals surface area contributed by atoms with Gasteiger partial charge in [-0.2, -0.15) is 0 Å². The number of rotatable bonds is 3. The summed E-state index contributed by atoms with van der Waals surface area (Å²) < 4.78 is 5.96. The van der Waals surface area contributed by atoms with Gasteiger partial charge in [0.05, 0.1) is 13.2 Å². The lowest BCUT2D eigenvalue weighted by molar-refractivity contribution is -0.0976. The van der Waals surface area contributed by atoms with Crippen LogP contribution in [-0.4, -0.2) is 43.3 Å². The maximum Gasteiger partial charge on any atom is 0.0652 e. The van der Waals surface area contributed by atoms with Crippen LogP contribution < -0.4 is 4.90 Å². The molecular formula is C22H28N2O. The van der Waals surface area contributed by atoms with Crippen LogP contribution in [0.2, 0.25) is 0 Å². The zero-order valence-electron chi connectivity index (χ0n) is 15.1. The molecule has 0 amide bonds. The van der Waals surface area contributed by atoms with Crippen LogP contribution in [0.25, 0.3) is 0 Å². The molecule has 1 spiro atoms. The van der Waals surface area contributed by atoms with Crippen LogP contribution in [0.1, 0.15) is 31.4 Å². The molecule has 25 heavy (non-hydrogen) atoms. The van der Waals surface area contributed by atoms with Crippen molar-refractivity contribution in [3.05, 3.63) is 66.2 Å². The van der Waals surface area contributed by atoms with Gasteiger partial charge in [0.1, 0.15) is 0 Å². The highest BCUT2D eigenvalue weighted by molar-refractivity contribution is 5.46. The van der Waals surface area contributed by atoms with Gasteiger partial charge < -0.3 is 9.64 Å². The molecule has 0 aromatic heterocycles. The van der Waals surface area contributed by atoms with Crippen molar-refractivity contribution in [3.63, 3.8) is 0 Å². The van der Waals surface area contributed by atoms with E-state index in [1.165, 1.54) is 24.1 Å². The van der Waals surface area contributed by atoms with Crippen molar-refractivity contribution in [2.24, 2.45) is 0 Å². The van der Waals surface area contributed by atoms with Crippen molar-refractivity contribution in [1.29, 1.82) is 0 Å². The molecule has 2 aromatic carbocycles. The Bertz CT molecular complexity index is 665. The summed E-state index contributed by atoms with van der Waals surface area (Å²) in [6, 6.07) is 22.2. The fourth-order valence-electron chi connectivity index (χ4n) is 4.51. The molecule has 4 rings (SSSR count). The number of ether oxygens (including phenoxy) is 1. The van der Waals surface area contributed by atoms with Gasteiger partial charge in [0, 0.05) is 36.9 Å². The predicted molar refractivity (Wildman–Crippen MR) is 103 cm³/mol. The number of nitrogens with zero attached hydrogens (tertiary/aromatic N) is 2. The minimum atomic E-state index is 0.179. The molecule has 3 nitrogen and oxygen atoms in total. The number of piperidine rings is 1. The van der Waals surface area contributed by atoms with Gasteiger partial charge in [0.25, 0.3) is 0 Å². The molecule has 2 aliphatic heterocycles. The Hall–Kier alpha value is -1.84. The molecular weight excluding hydrogens is 308 g/mol. The molecule has 0 radical (unpaired) electrons. The van der Waals surface area contributed by atoms with Crippen molar-refractivity contribution in [1.82, 2.24) is 4.90 Å². The molecule has 0 saturated carbocycles. The molecule has 1 atom stereocenters. The van der Waals surface area contributed by atoms with Crippen molar-refractivity contribution in [2.75, 3.05) is 37.7 Å². The van der Waals surface area contributed by atoms with E-state index >= 15 is 0 Å². The van der Waals surface area contributed by atoms with Gasteiger partial charge in [-0.05, 0) is 37.5 Å². The number of benzene rings is 2. The Morgan fingerprint density at radius 3 is 2.20 bits per heavy atom. The summed E-state index contributed by atoms with van der Waals surface area (Å²) in [5.74, 6) is 0. The monoisotopic (exact) mass is 336 g/mol. The van der Waals surface area contributed by atoms with Crippen LogP contribution in [0.4, 0.5) is 5.69 Å². The van der Waals surface area contributed by atoms with Gasteiger partial charge in [0.15, 0.2) is 0 Å². The molecule has 2 saturated heterocycles. The van der Waals surface area contributed by atoms with Gasteiger partial charge in [-0.3, -0.25) is 4.90 Å². The molecule has 132 valence electrons. The normalized spacial score (nSPS) is 22.0. The van der Waals surface area contributed by atoms with Crippen LogP contribution in [0, 0.1) is 0 Å². The van der Waals surface area contributed by atoms with Crippen molar-refractivity contribution < 1.29 is 4.74 Å². The molecule has 2 aromatic rings. The summed E-state index contributed by atoms with van der Waals surface area (Å²) in [7, 11) is 0. The van der Waals surface area contributed by atoms with Crippen LogP contribution in [0.15, 0.2) is 60.7 Å². The largest absolute Gasteiger partial charge is 0.378 e. The second kappa shape index (κ2) is 7.19. The summed E-state index contributed by atoms with van der Waals surface area (Å²) in [4.78, 5) is 5.24. The fraction of sp³-hybridized carbons (Fsp3) is 0.455. The molecule has 0 aliphatic carbocycles. The van der Waals surface area contributed by atoms with E-state index in [0.717, 1.165) is 32.8 Å². The maximum absolute atomic E-state index is 5.96. The van der Waals surface area contributed by atoms with Gasteiger partial charge in [-0.15, -0.1) is 0 Å². The SMILES string of the molecule is CC(c1ccccc1)N1CCOCC12CCN(c1ccccc1)CC2. The Balaban J connectivity index is 1.51. The number of anilines is 1. The summed E-state index contributed by atoms with van der Waals surface area (Å²) in [6.07, 6.45) is 2.33. The van der Waals surface area contributed by atoms with E-state index in [9.17, 15) is 0 Å². The van der Waals surface area contributed by atoms with Crippen molar-refractivity contribution in [2.45, 2.75) is 31.3 Å². The van der Waals surface area contributed by atoms with Gasteiger partial charge >= 0.3 is 0 Å². The molecule has 0 bridgehead atoms. The zero-order valence-corrected chi connectivity index (χ0v) is 15.1. The summed E-state index contributed by atoms with van der Waals surface area (Å²) in [5, 5.41) is 0. The molecule has 2 fully saturated rings. The Morgan fingerprint density at radius 2 is 1.52 bits per heavy atom. The number of hydrogen-bond acceptors (Lipinski definition) is 3. The lowest BCUT2D eigenvalue weighted by Gasteiger charge is -2.53. The second-order valence-corrected chi connectivity index (χ2v) is 7.38. The van der Waals surface area contributed by atoms with Crippen LogP contribution in [0.3, 0.4) is 0 Å². The summed E-state index contributed by atoms with van der Waals surface area (Å²) in [6.45, 7) is 7.30. The Kier molecular flexibility index (Phi) is 4.78. The molecule has 3 heteroatoms. The van der Waals surface area contributed by atoms with Crippen LogP contribution in [-0.2, 0) is 4.74 Å². The number of para-hydroxylation sites is 1. The first kappa shape index (κ1) is 16.6. The van der Waals surface area contributed by atoms with Crippen LogP contribution in [0.5, 0.6) is 0 Å². The average Bonchev–Trinajstić information content (AvgIpc) is 2.70. The molecule has 1 unspecified atom stereocenters. The molecule has 0 N–H and O–H groups in total. The third kappa shape index (κ3) is 3.31. The summed E-state index contributed by atoms with van der Waals surface area (Å²) >= 11 is 0. The third-order valence-electron chi connectivity index (χ3n) is 6.02. The van der Waals surface area contributed by atoms with E-state index in [-0.39, 0.29) is 5.54 Å². The third-order valence-corrected chi connectivity index (χ3v) is 6.02. The molecule has 2 heterocycles. The van der Waals surface area contributed by atoms with Crippen LogP contribution >= 0.6 is 0 Å². The van der Waals surface area contributed by atoms with E-state index in [1.54, 1.807) is 0 Å². The smallest absolute Gasteiger partial charge is 0.0652 e. The highest BCUT2D eigenvalue weighted by atomic mass is 16.5.